The van der Waals surface area contributed by atoms with E-state index in [2.05, 4.69) is 5.16 Å². The minimum atomic E-state index is -0.996. The molecule has 2 aromatic carbocycles. The van der Waals surface area contributed by atoms with E-state index in [1.165, 1.54) is 0 Å². The molecule has 1 aliphatic heterocycles. The van der Waals surface area contributed by atoms with E-state index in [1.807, 2.05) is 18.2 Å². The van der Waals surface area contributed by atoms with Crippen molar-refractivity contribution in [2.24, 2.45) is 11.1 Å². The number of para-hydroxylation sites is 1. The second-order valence-corrected chi connectivity index (χ2v) is 6.51. The summed E-state index contributed by atoms with van der Waals surface area (Å²) in [6, 6.07) is 14.3. The van der Waals surface area contributed by atoms with Crippen LogP contribution in [0.4, 0.5) is 5.69 Å². The average Bonchev–Trinajstić information content (AvgIpc) is 3.34. The van der Waals surface area contributed by atoms with E-state index in [0.29, 0.717) is 22.9 Å². The molecule has 0 saturated heterocycles. The maximum absolute atomic E-state index is 13.0. The van der Waals surface area contributed by atoms with Crippen molar-refractivity contribution in [2.75, 3.05) is 11.9 Å². The number of fused-ring (bicyclic) bond motifs is 2. The third-order valence-corrected chi connectivity index (χ3v) is 4.94. The maximum atomic E-state index is 13.0. The first kappa shape index (κ1) is 15.0. The highest BCUT2D eigenvalue weighted by Gasteiger charge is 2.68. The molecule has 1 saturated carbocycles. The Morgan fingerprint density at radius 2 is 2.00 bits per heavy atom. The fraction of sp³-hybridized carbons (Fsp3) is 0.222. The second-order valence-electron chi connectivity index (χ2n) is 6.07. The number of likely N-dealkylation sites (N-methyl/N-ethyl adjacent to an activating group) is 1. The Kier molecular flexibility index (Phi) is 3.28. The Balaban J connectivity index is 1.68. The third-order valence-electron chi connectivity index (χ3n) is 4.68. The van der Waals surface area contributed by atoms with Gasteiger partial charge in [0.15, 0.2) is 5.60 Å². The summed E-state index contributed by atoms with van der Waals surface area (Å²) in [4.78, 5) is 14.6. The van der Waals surface area contributed by atoms with Crippen LogP contribution in [0.5, 0.6) is 5.75 Å². The van der Waals surface area contributed by atoms with Crippen molar-refractivity contribution in [1.29, 1.82) is 0 Å². The van der Waals surface area contributed by atoms with Crippen molar-refractivity contribution < 1.29 is 14.7 Å². The molecule has 24 heavy (non-hydrogen) atoms. The van der Waals surface area contributed by atoms with E-state index in [0.717, 1.165) is 11.3 Å². The van der Waals surface area contributed by atoms with Crippen LogP contribution in [0.15, 0.2) is 53.7 Å². The highest BCUT2D eigenvalue weighted by Crippen LogP contribution is 2.55. The van der Waals surface area contributed by atoms with Gasteiger partial charge in [0.2, 0.25) is 0 Å². The number of hydrogen-bond acceptors (Lipinski definition) is 4. The Bertz CT molecular complexity index is 850. The van der Waals surface area contributed by atoms with Gasteiger partial charge in [-0.2, -0.15) is 0 Å². The van der Waals surface area contributed by atoms with Gasteiger partial charge in [-0.1, -0.05) is 28.9 Å². The van der Waals surface area contributed by atoms with Crippen LogP contribution in [0.1, 0.15) is 12.0 Å². The fourth-order valence-electron chi connectivity index (χ4n) is 3.30. The van der Waals surface area contributed by atoms with Gasteiger partial charge in [0.05, 0.1) is 11.6 Å². The quantitative estimate of drug-likeness (QED) is 0.672. The van der Waals surface area contributed by atoms with Gasteiger partial charge in [-0.3, -0.25) is 4.79 Å². The summed E-state index contributed by atoms with van der Waals surface area (Å²) < 4.78 is 6.04. The number of oxime groups is 1. The number of amides is 1. The number of benzene rings is 2. The van der Waals surface area contributed by atoms with Crippen molar-refractivity contribution in [3.05, 3.63) is 59.1 Å². The summed E-state index contributed by atoms with van der Waals surface area (Å²) in [5.74, 6) is 0.169. The largest absolute Gasteiger partial charge is 0.476 e. The molecule has 2 aliphatic rings. The van der Waals surface area contributed by atoms with Crippen LogP contribution < -0.4 is 9.64 Å². The number of ether oxygens (including phenoxy) is 1. The molecule has 1 amide bonds. The Morgan fingerprint density at radius 3 is 2.71 bits per heavy atom. The number of carbonyl (C=O) groups excluding carboxylic acids is 1. The number of hydrogen-bond donors (Lipinski definition) is 1. The first-order valence-corrected chi connectivity index (χ1v) is 7.99. The standard InChI is InChI=1S/C18H15ClN2O3/c1-21(12-8-6-11(19)7-9-12)17(22)18-10-14(18)16(20-23)13-4-2-3-5-15(13)24-18/h2-9,14,23H,10H2,1H3. The predicted molar refractivity (Wildman–Crippen MR) is 91.1 cm³/mol. The first-order chi connectivity index (χ1) is 11.6. The van der Waals surface area contributed by atoms with Crippen molar-refractivity contribution >= 4 is 28.9 Å². The zero-order valence-electron chi connectivity index (χ0n) is 12.9. The highest BCUT2D eigenvalue weighted by atomic mass is 35.5. The SMILES string of the molecule is CN(C(=O)C12CC1C(=NO)c1ccccc1O2)c1ccc(Cl)cc1. The summed E-state index contributed by atoms with van der Waals surface area (Å²) >= 11 is 5.90. The molecule has 0 spiro atoms. The second kappa shape index (κ2) is 5.24. The van der Waals surface area contributed by atoms with Gasteiger partial charge in [0, 0.05) is 29.7 Å². The molecule has 1 fully saturated rings. The van der Waals surface area contributed by atoms with Crippen LogP contribution >= 0.6 is 11.6 Å². The lowest BCUT2D eigenvalue weighted by atomic mass is 9.99. The molecule has 4 rings (SSSR count). The topological polar surface area (TPSA) is 62.1 Å². The summed E-state index contributed by atoms with van der Waals surface area (Å²) in [5.41, 5.74) is 0.980. The number of rotatable bonds is 2. The van der Waals surface area contributed by atoms with Crippen LogP contribution in [-0.2, 0) is 4.79 Å². The third kappa shape index (κ3) is 2.08. The van der Waals surface area contributed by atoms with Gasteiger partial charge in [0.25, 0.3) is 5.91 Å². The fourth-order valence-corrected chi connectivity index (χ4v) is 3.42. The summed E-state index contributed by atoms with van der Waals surface area (Å²) in [7, 11) is 1.70. The number of carbonyl (C=O) groups is 1. The maximum Gasteiger partial charge on any atom is 0.271 e. The van der Waals surface area contributed by atoms with Crippen LogP contribution in [-0.4, -0.2) is 29.5 Å². The zero-order chi connectivity index (χ0) is 16.9. The number of anilines is 1. The van der Waals surface area contributed by atoms with Gasteiger partial charge in [-0.15, -0.1) is 0 Å². The molecule has 0 bridgehead atoms. The molecule has 6 heteroatoms. The molecule has 0 radical (unpaired) electrons. The molecule has 2 atom stereocenters. The molecule has 1 heterocycles. The molecule has 2 unspecified atom stereocenters. The molecule has 2 aromatic rings. The summed E-state index contributed by atoms with van der Waals surface area (Å²) in [6.07, 6.45) is 0.498. The lowest BCUT2D eigenvalue weighted by Crippen LogP contribution is -2.46. The highest BCUT2D eigenvalue weighted by molar-refractivity contribution is 6.30. The summed E-state index contributed by atoms with van der Waals surface area (Å²) in [5, 5.41) is 13.5. The normalized spacial score (nSPS) is 25.4. The van der Waals surface area contributed by atoms with Crippen molar-refractivity contribution in [2.45, 2.75) is 12.0 Å². The van der Waals surface area contributed by atoms with Crippen LogP contribution in [0.3, 0.4) is 0 Å². The minimum Gasteiger partial charge on any atom is -0.476 e. The lowest BCUT2D eigenvalue weighted by Gasteiger charge is -2.29. The number of halogens is 1. The Morgan fingerprint density at radius 1 is 1.29 bits per heavy atom. The van der Waals surface area contributed by atoms with E-state index in [1.54, 1.807) is 42.3 Å². The van der Waals surface area contributed by atoms with Gasteiger partial charge in [-0.05, 0) is 36.4 Å². The van der Waals surface area contributed by atoms with Crippen LogP contribution in [0, 0.1) is 5.92 Å². The van der Waals surface area contributed by atoms with Gasteiger partial charge >= 0.3 is 0 Å². The molecule has 1 aliphatic carbocycles. The van der Waals surface area contributed by atoms with E-state index < -0.39 is 5.60 Å². The van der Waals surface area contributed by atoms with Gasteiger partial charge < -0.3 is 14.8 Å². The van der Waals surface area contributed by atoms with Gasteiger partial charge in [-0.25, -0.2) is 0 Å². The predicted octanol–water partition coefficient (Wildman–Crippen LogP) is 3.33. The van der Waals surface area contributed by atoms with Crippen LogP contribution in [0.25, 0.3) is 0 Å². The smallest absolute Gasteiger partial charge is 0.271 e. The molecular formula is C18H15ClN2O3. The molecule has 0 aromatic heterocycles. The van der Waals surface area contributed by atoms with Crippen LogP contribution in [0.2, 0.25) is 5.02 Å². The molecule has 1 N–H and O–H groups in total. The van der Waals surface area contributed by atoms with Gasteiger partial charge in [0.1, 0.15) is 5.75 Å². The minimum absolute atomic E-state index is 0.162. The first-order valence-electron chi connectivity index (χ1n) is 7.61. The van der Waals surface area contributed by atoms with Crippen molar-refractivity contribution in [1.82, 2.24) is 0 Å². The molecular weight excluding hydrogens is 328 g/mol. The number of nitrogens with zero attached hydrogens (tertiary/aromatic N) is 2. The van der Waals surface area contributed by atoms with Crippen molar-refractivity contribution in [3.63, 3.8) is 0 Å². The van der Waals surface area contributed by atoms with E-state index in [4.69, 9.17) is 16.3 Å². The van der Waals surface area contributed by atoms with E-state index >= 15 is 0 Å². The average molecular weight is 343 g/mol. The van der Waals surface area contributed by atoms with E-state index in [9.17, 15) is 10.0 Å². The van der Waals surface area contributed by atoms with Crippen molar-refractivity contribution in [3.8, 4) is 5.75 Å². The lowest BCUT2D eigenvalue weighted by molar-refractivity contribution is -0.127. The van der Waals surface area contributed by atoms with E-state index in [-0.39, 0.29) is 11.8 Å². The molecule has 5 nitrogen and oxygen atoms in total. The summed E-state index contributed by atoms with van der Waals surface area (Å²) in [6.45, 7) is 0. The Hall–Kier alpha value is -2.53. The monoisotopic (exact) mass is 342 g/mol. The molecule has 122 valence electrons. The Labute approximate surface area is 144 Å². The zero-order valence-corrected chi connectivity index (χ0v) is 13.7.